The minimum absolute atomic E-state index is 0.181. The van der Waals surface area contributed by atoms with Gasteiger partial charge >= 0.3 is 5.97 Å². The molecule has 1 aliphatic rings. The van der Waals surface area contributed by atoms with Crippen molar-refractivity contribution < 1.29 is 14.3 Å². The molecule has 1 N–H and O–H groups in total. The zero-order valence-electron chi connectivity index (χ0n) is 15.0. The van der Waals surface area contributed by atoms with Crippen molar-refractivity contribution in [1.82, 2.24) is 5.43 Å². The predicted octanol–water partition coefficient (Wildman–Crippen LogP) is 3.81. The summed E-state index contributed by atoms with van der Waals surface area (Å²) in [5.74, 6) is 0.174. The fraction of sp³-hybridized carbons (Fsp3) is 0.350. The number of hydrogen-bond acceptors (Lipinski definition) is 5. The Morgan fingerprint density at radius 1 is 1.35 bits per heavy atom. The van der Waals surface area contributed by atoms with Crippen LogP contribution in [0.5, 0.6) is 0 Å². The first-order valence-corrected chi connectivity index (χ1v) is 9.55. The van der Waals surface area contributed by atoms with Crippen molar-refractivity contribution >= 4 is 29.4 Å². The van der Waals surface area contributed by atoms with Crippen LogP contribution in [-0.4, -0.2) is 25.2 Å². The van der Waals surface area contributed by atoms with Crippen LogP contribution in [0.1, 0.15) is 55.8 Å². The van der Waals surface area contributed by atoms with Crippen LogP contribution in [0.2, 0.25) is 0 Å². The zero-order valence-corrected chi connectivity index (χ0v) is 15.8. The van der Waals surface area contributed by atoms with Gasteiger partial charge in [-0.1, -0.05) is 25.5 Å². The van der Waals surface area contributed by atoms with E-state index >= 15 is 0 Å². The second kappa shape index (κ2) is 8.27. The first-order valence-electron chi connectivity index (χ1n) is 8.74. The van der Waals surface area contributed by atoms with Gasteiger partial charge < -0.3 is 4.74 Å². The van der Waals surface area contributed by atoms with E-state index in [1.165, 1.54) is 30.4 Å². The van der Waals surface area contributed by atoms with Crippen molar-refractivity contribution in [3.63, 3.8) is 0 Å². The van der Waals surface area contributed by atoms with Crippen molar-refractivity contribution in [3.05, 3.63) is 56.8 Å². The van der Waals surface area contributed by atoms with Crippen LogP contribution in [0.3, 0.4) is 0 Å². The summed E-state index contributed by atoms with van der Waals surface area (Å²) in [4.78, 5) is 25.8. The summed E-state index contributed by atoms with van der Waals surface area (Å²) < 4.78 is 4.66. The molecule has 136 valence electrons. The molecule has 0 unspecified atom stereocenters. The van der Waals surface area contributed by atoms with Gasteiger partial charge in [-0.2, -0.15) is 5.10 Å². The second-order valence-electron chi connectivity index (χ2n) is 6.39. The van der Waals surface area contributed by atoms with Crippen molar-refractivity contribution in [1.29, 1.82) is 0 Å². The number of aryl methyl sites for hydroxylation is 1. The number of amides is 1. The number of fused-ring (bicyclic) bond motifs is 1. The Bertz CT molecular complexity index is 824. The Morgan fingerprint density at radius 2 is 2.12 bits per heavy atom. The highest BCUT2D eigenvalue weighted by Gasteiger charge is 2.21. The highest BCUT2D eigenvalue weighted by Crippen LogP contribution is 2.33. The molecule has 5 nitrogen and oxygen atoms in total. The summed E-state index contributed by atoms with van der Waals surface area (Å²) in [6.07, 6.45) is 6.10. The molecule has 1 heterocycles. The number of esters is 1. The number of thiophene rings is 1. The Balaban J connectivity index is 1.60. The van der Waals surface area contributed by atoms with Gasteiger partial charge in [0.05, 0.1) is 23.8 Å². The maximum Gasteiger partial charge on any atom is 0.337 e. The highest BCUT2D eigenvalue weighted by atomic mass is 32.1. The summed E-state index contributed by atoms with van der Waals surface area (Å²) >= 11 is 1.57. The van der Waals surface area contributed by atoms with Crippen LogP contribution in [0.15, 0.2) is 35.4 Å². The first kappa shape index (κ1) is 18.3. The lowest BCUT2D eigenvalue weighted by molar-refractivity contribution is 0.0600. The molecule has 26 heavy (non-hydrogen) atoms. The van der Waals surface area contributed by atoms with E-state index in [1.54, 1.807) is 41.8 Å². The van der Waals surface area contributed by atoms with E-state index in [-0.39, 0.29) is 11.9 Å². The second-order valence-corrected chi connectivity index (χ2v) is 7.53. The number of benzene rings is 1. The molecule has 1 atom stereocenters. The van der Waals surface area contributed by atoms with Crippen molar-refractivity contribution in [2.75, 3.05) is 7.11 Å². The minimum Gasteiger partial charge on any atom is -0.465 e. The number of hydrogen-bond donors (Lipinski definition) is 1. The lowest BCUT2D eigenvalue weighted by Gasteiger charge is -2.19. The van der Waals surface area contributed by atoms with Gasteiger partial charge in [-0.15, -0.1) is 11.3 Å². The van der Waals surface area contributed by atoms with E-state index in [9.17, 15) is 9.59 Å². The minimum atomic E-state index is -0.381. The molecular formula is C20H22N2O3S. The van der Waals surface area contributed by atoms with E-state index in [0.29, 0.717) is 10.4 Å². The molecule has 0 bridgehead atoms. The molecule has 2 aromatic rings. The van der Waals surface area contributed by atoms with Crippen LogP contribution in [0.4, 0.5) is 0 Å². The molecule has 0 radical (unpaired) electrons. The van der Waals surface area contributed by atoms with Gasteiger partial charge in [0, 0.05) is 4.88 Å². The quantitative estimate of drug-likeness (QED) is 0.494. The van der Waals surface area contributed by atoms with Gasteiger partial charge in [0.25, 0.3) is 5.91 Å². The lowest BCUT2D eigenvalue weighted by atomic mass is 9.87. The van der Waals surface area contributed by atoms with E-state index < -0.39 is 0 Å². The molecule has 0 saturated carbocycles. The number of ether oxygens (including phenoxy) is 1. The van der Waals surface area contributed by atoms with Crippen molar-refractivity contribution in [2.45, 2.75) is 32.6 Å². The number of nitrogens with zero attached hydrogens (tertiary/aromatic N) is 1. The van der Waals surface area contributed by atoms with E-state index in [0.717, 1.165) is 24.3 Å². The molecule has 1 aliphatic carbocycles. The molecule has 1 aromatic heterocycles. The van der Waals surface area contributed by atoms with Crippen LogP contribution >= 0.6 is 11.3 Å². The molecule has 1 aromatic carbocycles. The third-order valence-electron chi connectivity index (χ3n) is 4.70. The third kappa shape index (κ3) is 4.19. The molecule has 1 amide bonds. The normalized spacial score (nSPS) is 16.3. The SMILES string of the molecule is CC[C@@H]1CCc2sc(C(=O)N/N=C\c3ccc(C(=O)OC)cc3)cc2C1. The first-order chi connectivity index (χ1) is 12.6. The Kier molecular flexibility index (Phi) is 5.83. The van der Waals surface area contributed by atoms with Gasteiger partial charge in [0.1, 0.15) is 0 Å². The predicted molar refractivity (Wildman–Crippen MR) is 103 cm³/mol. The molecule has 0 spiro atoms. The zero-order chi connectivity index (χ0) is 18.5. The molecular weight excluding hydrogens is 348 g/mol. The van der Waals surface area contributed by atoms with Crippen molar-refractivity contribution in [3.8, 4) is 0 Å². The number of carbonyl (C=O) groups is 2. The Morgan fingerprint density at radius 3 is 2.81 bits per heavy atom. The van der Waals surface area contributed by atoms with Crippen LogP contribution < -0.4 is 5.43 Å². The monoisotopic (exact) mass is 370 g/mol. The standard InChI is InChI=1S/C20H22N2O3S/c1-3-13-6-9-17-16(10-13)11-18(26-17)19(23)22-21-12-14-4-7-15(8-5-14)20(24)25-2/h4-5,7-8,11-13H,3,6,9-10H2,1-2H3,(H,22,23)/b21-12-/t13-/m1/s1. The molecule has 6 heteroatoms. The molecule has 3 rings (SSSR count). The number of rotatable bonds is 5. The Hall–Kier alpha value is -2.47. The van der Waals surface area contributed by atoms with E-state index in [1.807, 2.05) is 6.07 Å². The maximum absolute atomic E-state index is 12.3. The fourth-order valence-electron chi connectivity index (χ4n) is 3.10. The van der Waals surface area contributed by atoms with E-state index in [2.05, 4.69) is 22.2 Å². The average molecular weight is 370 g/mol. The number of methoxy groups -OCH3 is 1. The maximum atomic E-state index is 12.3. The number of hydrazone groups is 1. The van der Waals surface area contributed by atoms with Gasteiger partial charge in [-0.3, -0.25) is 4.79 Å². The largest absolute Gasteiger partial charge is 0.465 e. The highest BCUT2D eigenvalue weighted by molar-refractivity contribution is 7.14. The van der Waals surface area contributed by atoms with Crippen molar-refractivity contribution in [2.24, 2.45) is 11.0 Å². The summed E-state index contributed by atoms with van der Waals surface area (Å²) in [6, 6.07) is 8.82. The number of carbonyl (C=O) groups excluding carboxylic acids is 2. The summed E-state index contributed by atoms with van der Waals surface area (Å²) in [5.41, 5.74) is 5.16. The fourth-order valence-corrected chi connectivity index (χ4v) is 4.20. The van der Waals surface area contributed by atoms with Gasteiger partial charge in [0.2, 0.25) is 0 Å². The number of nitrogens with one attached hydrogen (secondary N) is 1. The van der Waals surface area contributed by atoms with Gasteiger partial charge in [-0.05, 0) is 54.5 Å². The Labute approximate surface area is 157 Å². The molecule has 0 aliphatic heterocycles. The van der Waals surface area contributed by atoms with Crippen LogP contribution in [0.25, 0.3) is 0 Å². The van der Waals surface area contributed by atoms with E-state index in [4.69, 9.17) is 0 Å². The van der Waals surface area contributed by atoms with Crippen LogP contribution in [-0.2, 0) is 17.6 Å². The third-order valence-corrected chi connectivity index (χ3v) is 5.93. The molecule has 0 saturated heterocycles. The molecule has 0 fully saturated rings. The van der Waals surface area contributed by atoms with Gasteiger partial charge in [-0.25, -0.2) is 10.2 Å². The summed E-state index contributed by atoms with van der Waals surface area (Å²) in [5, 5.41) is 4.02. The van der Waals surface area contributed by atoms with Gasteiger partial charge in [0.15, 0.2) is 0 Å². The smallest absolute Gasteiger partial charge is 0.337 e. The average Bonchev–Trinajstić information content (AvgIpc) is 3.11. The van der Waals surface area contributed by atoms with Crippen LogP contribution in [0, 0.1) is 5.92 Å². The topological polar surface area (TPSA) is 67.8 Å². The lowest BCUT2D eigenvalue weighted by Crippen LogP contribution is -2.16. The summed E-state index contributed by atoms with van der Waals surface area (Å²) in [6.45, 7) is 2.22. The summed E-state index contributed by atoms with van der Waals surface area (Å²) in [7, 11) is 1.35.